The average molecular weight is 709 g/mol. The third-order valence-corrected chi connectivity index (χ3v) is 9.90. The highest BCUT2D eigenvalue weighted by Crippen LogP contribution is 2.45. The molecular formula is C46H27F3N4O. The van der Waals surface area contributed by atoms with Crippen molar-refractivity contribution < 1.29 is 17.6 Å². The third kappa shape index (κ3) is 5.14. The number of rotatable bonds is 5. The van der Waals surface area contributed by atoms with Crippen LogP contribution in [0.25, 0.3) is 94.7 Å². The Bertz CT molecular complexity index is 2980. The summed E-state index contributed by atoms with van der Waals surface area (Å²) in [6, 6.07) is 50.2. The topological polar surface area (TPSA) is 56.7 Å². The van der Waals surface area contributed by atoms with Crippen LogP contribution in [0.5, 0.6) is 0 Å². The largest absolute Gasteiger partial charge is 0.455 e. The summed E-state index contributed by atoms with van der Waals surface area (Å²) >= 11 is 0. The van der Waals surface area contributed by atoms with Gasteiger partial charge in [-0.15, -0.1) is 0 Å². The summed E-state index contributed by atoms with van der Waals surface area (Å²) < 4.78 is 53.0. The lowest BCUT2D eigenvalue weighted by atomic mass is 9.95. The minimum absolute atomic E-state index is 0.0400. The van der Waals surface area contributed by atoms with Crippen molar-refractivity contribution in [2.45, 2.75) is 6.18 Å². The average Bonchev–Trinajstić information content (AvgIpc) is 3.77. The summed E-state index contributed by atoms with van der Waals surface area (Å²) in [5, 5.41) is 3.78. The van der Waals surface area contributed by atoms with E-state index in [4.69, 9.17) is 19.4 Å². The fourth-order valence-corrected chi connectivity index (χ4v) is 7.48. The number of hydrogen-bond acceptors (Lipinski definition) is 4. The van der Waals surface area contributed by atoms with Crippen LogP contribution in [0.1, 0.15) is 5.56 Å². The molecule has 0 spiro atoms. The number of aromatic nitrogens is 4. The lowest BCUT2D eigenvalue weighted by Crippen LogP contribution is -2.08. The van der Waals surface area contributed by atoms with Crippen molar-refractivity contribution in [3.63, 3.8) is 0 Å². The molecule has 0 saturated heterocycles. The maximum Gasteiger partial charge on any atom is 0.417 e. The quantitative estimate of drug-likeness (QED) is 0.179. The van der Waals surface area contributed by atoms with Gasteiger partial charge < -0.3 is 8.98 Å². The Morgan fingerprint density at radius 1 is 0.463 bits per heavy atom. The van der Waals surface area contributed by atoms with E-state index in [1.165, 1.54) is 12.1 Å². The first-order valence-electron chi connectivity index (χ1n) is 17.4. The number of halogens is 3. The zero-order valence-corrected chi connectivity index (χ0v) is 28.4. The smallest absolute Gasteiger partial charge is 0.417 e. The fraction of sp³-hybridized carbons (Fsp3) is 0.0217. The molecule has 10 rings (SSSR count). The molecule has 0 fully saturated rings. The zero-order chi connectivity index (χ0) is 36.4. The van der Waals surface area contributed by atoms with Crippen LogP contribution in [-0.4, -0.2) is 19.5 Å². The SMILES string of the molecule is FC(F)(F)c1ccccc1-c1cc(-c2nc(-c3ccccc3)nc(-c3ccccc3)n2)ccc1-n1c2ccccc2c2c3oc4ccccc4c3ccc21. The van der Waals surface area contributed by atoms with Gasteiger partial charge in [0.1, 0.15) is 11.2 Å². The molecule has 0 unspecified atom stereocenters. The van der Waals surface area contributed by atoms with Gasteiger partial charge in [0.25, 0.3) is 0 Å². The van der Waals surface area contributed by atoms with Gasteiger partial charge in [0.05, 0.1) is 27.7 Å². The summed E-state index contributed by atoms with van der Waals surface area (Å²) in [4.78, 5) is 14.6. The van der Waals surface area contributed by atoms with Crippen molar-refractivity contribution in [3.05, 3.63) is 169 Å². The Labute approximate surface area is 306 Å². The van der Waals surface area contributed by atoms with Crippen molar-refractivity contribution >= 4 is 43.7 Å². The molecule has 8 heteroatoms. The normalized spacial score (nSPS) is 12.0. The fourth-order valence-electron chi connectivity index (χ4n) is 7.48. The second-order valence-electron chi connectivity index (χ2n) is 13.1. The van der Waals surface area contributed by atoms with Gasteiger partial charge in [-0.05, 0) is 54.1 Å². The van der Waals surface area contributed by atoms with Gasteiger partial charge in [-0.3, -0.25) is 0 Å². The van der Waals surface area contributed by atoms with Crippen molar-refractivity contribution in [2.75, 3.05) is 0 Å². The number of nitrogens with zero attached hydrogens (tertiary/aromatic N) is 4. The molecule has 7 aromatic carbocycles. The van der Waals surface area contributed by atoms with E-state index < -0.39 is 11.7 Å². The highest BCUT2D eigenvalue weighted by Gasteiger charge is 2.34. The minimum Gasteiger partial charge on any atom is -0.455 e. The molecule has 3 aromatic heterocycles. The van der Waals surface area contributed by atoms with E-state index in [0.717, 1.165) is 60.9 Å². The number of hydrogen-bond donors (Lipinski definition) is 0. The summed E-state index contributed by atoms with van der Waals surface area (Å²) in [6.45, 7) is 0. The molecule has 0 aliphatic heterocycles. The monoisotopic (exact) mass is 708 g/mol. The molecule has 258 valence electrons. The number of alkyl halides is 3. The molecule has 0 amide bonds. The van der Waals surface area contributed by atoms with Gasteiger partial charge in [0.2, 0.25) is 0 Å². The number of fused-ring (bicyclic) bond motifs is 7. The van der Waals surface area contributed by atoms with E-state index in [-0.39, 0.29) is 5.56 Å². The van der Waals surface area contributed by atoms with E-state index in [1.54, 1.807) is 12.1 Å². The van der Waals surface area contributed by atoms with Crippen molar-refractivity contribution in [3.8, 4) is 51.0 Å². The maximum absolute atomic E-state index is 14.8. The molecule has 0 saturated carbocycles. The Morgan fingerprint density at radius 3 is 1.76 bits per heavy atom. The van der Waals surface area contributed by atoms with Gasteiger partial charge in [0.15, 0.2) is 17.5 Å². The van der Waals surface area contributed by atoms with Crippen LogP contribution in [0.2, 0.25) is 0 Å². The Hall–Kier alpha value is -7.06. The summed E-state index contributed by atoms with van der Waals surface area (Å²) in [6.07, 6.45) is -4.61. The molecule has 0 N–H and O–H groups in total. The van der Waals surface area contributed by atoms with Crippen molar-refractivity contribution in [2.24, 2.45) is 0 Å². The van der Waals surface area contributed by atoms with Crippen LogP contribution in [0.4, 0.5) is 13.2 Å². The van der Waals surface area contributed by atoms with E-state index >= 15 is 0 Å². The number of furan rings is 1. The van der Waals surface area contributed by atoms with Crippen LogP contribution < -0.4 is 0 Å². The highest BCUT2D eigenvalue weighted by molar-refractivity contribution is 6.24. The summed E-state index contributed by atoms with van der Waals surface area (Å²) in [5.74, 6) is 1.25. The van der Waals surface area contributed by atoms with Gasteiger partial charge in [-0.1, -0.05) is 115 Å². The Balaban J connectivity index is 1.27. The second-order valence-corrected chi connectivity index (χ2v) is 13.1. The van der Waals surface area contributed by atoms with Crippen LogP contribution in [0, 0.1) is 0 Å². The lowest BCUT2D eigenvalue weighted by molar-refractivity contribution is -0.137. The molecule has 0 atom stereocenters. The first-order chi connectivity index (χ1) is 26.4. The van der Waals surface area contributed by atoms with Crippen LogP contribution >= 0.6 is 0 Å². The molecule has 0 radical (unpaired) electrons. The summed E-state index contributed by atoms with van der Waals surface area (Å²) in [5.41, 5.74) is 5.49. The molecular weight excluding hydrogens is 682 g/mol. The molecule has 0 bridgehead atoms. The van der Waals surface area contributed by atoms with Gasteiger partial charge >= 0.3 is 6.18 Å². The predicted molar refractivity (Wildman–Crippen MR) is 208 cm³/mol. The number of benzene rings is 7. The van der Waals surface area contributed by atoms with E-state index in [2.05, 4.69) is 0 Å². The van der Waals surface area contributed by atoms with Gasteiger partial charge in [-0.25, -0.2) is 15.0 Å². The van der Waals surface area contributed by atoms with Crippen molar-refractivity contribution in [1.29, 1.82) is 0 Å². The molecule has 3 heterocycles. The van der Waals surface area contributed by atoms with E-state index in [1.807, 2.05) is 138 Å². The van der Waals surface area contributed by atoms with E-state index in [0.29, 0.717) is 34.3 Å². The Morgan fingerprint density at radius 2 is 1.06 bits per heavy atom. The number of para-hydroxylation sites is 2. The maximum atomic E-state index is 14.8. The molecule has 5 nitrogen and oxygen atoms in total. The first kappa shape index (κ1) is 31.7. The molecule has 0 aliphatic rings. The molecule has 10 aromatic rings. The van der Waals surface area contributed by atoms with Gasteiger partial charge in [0, 0.05) is 38.4 Å². The third-order valence-electron chi connectivity index (χ3n) is 9.90. The van der Waals surface area contributed by atoms with Crippen LogP contribution in [0.15, 0.2) is 168 Å². The lowest BCUT2D eigenvalue weighted by Gasteiger charge is -2.19. The summed E-state index contributed by atoms with van der Waals surface area (Å²) in [7, 11) is 0. The molecule has 54 heavy (non-hydrogen) atoms. The zero-order valence-electron chi connectivity index (χ0n) is 28.4. The van der Waals surface area contributed by atoms with Crippen molar-refractivity contribution in [1.82, 2.24) is 19.5 Å². The first-order valence-corrected chi connectivity index (χ1v) is 17.4. The highest BCUT2D eigenvalue weighted by atomic mass is 19.4. The minimum atomic E-state index is -4.61. The Kier molecular flexibility index (Phi) is 7.20. The standard InChI is InChI=1S/C46H27F3N4O/c47-46(48,49)36-20-10-7-17-31(36)35-27-30(45-51-43(28-13-3-1-4-14-28)50-44(52-45)29-15-5-2-6-16-29)23-25-38(35)53-37-21-11-8-19-34(37)41-39(53)26-24-33-32-18-9-12-22-40(32)54-42(33)41/h1-27H. The molecule has 0 aliphatic carbocycles. The second kappa shape index (κ2) is 12.3. The van der Waals surface area contributed by atoms with Crippen LogP contribution in [0.3, 0.4) is 0 Å². The van der Waals surface area contributed by atoms with Crippen LogP contribution in [-0.2, 0) is 6.18 Å². The van der Waals surface area contributed by atoms with E-state index in [9.17, 15) is 13.2 Å². The predicted octanol–water partition coefficient (Wildman–Crippen LogP) is 12.6. The van der Waals surface area contributed by atoms with Gasteiger partial charge in [-0.2, -0.15) is 13.2 Å².